The summed E-state index contributed by atoms with van der Waals surface area (Å²) in [5.74, 6) is -0.233. The van der Waals surface area contributed by atoms with Crippen molar-refractivity contribution in [3.05, 3.63) is 120 Å². The number of hydrogen-bond donors (Lipinski definition) is 5. The molecule has 8 nitrogen and oxygen atoms in total. The Morgan fingerprint density at radius 1 is 0.795 bits per heavy atom. The molecule has 2 heterocycles. The van der Waals surface area contributed by atoms with E-state index in [4.69, 9.17) is 0 Å². The Kier molecular flexibility index (Phi) is 9.06. The van der Waals surface area contributed by atoms with Crippen molar-refractivity contribution in [2.24, 2.45) is 0 Å². The molecule has 2 aromatic heterocycles. The Morgan fingerprint density at radius 2 is 1.36 bits per heavy atom. The summed E-state index contributed by atoms with van der Waals surface area (Å²) in [6.07, 6.45) is 7.77. The number of pyridine rings is 2. The molecule has 4 rings (SSSR count). The van der Waals surface area contributed by atoms with Crippen molar-refractivity contribution in [1.82, 2.24) is 5.32 Å². The minimum absolute atomic E-state index is 0.233. The van der Waals surface area contributed by atoms with Crippen LogP contribution in [-0.2, 0) is 24.4 Å². The SMILES string of the molecule is C=C(C)C(=O)NCc1cc(-c2ccc[n+](Cc3ccccc3B(O)O)c2)c[n+](Cc2ccccc2B(O)O)c1. The third-order valence-electron chi connectivity index (χ3n) is 6.38. The van der Waals surface area contributed by atoms with Crippen LogP contribution in [0.5, 0.6) is 0 Å². The Morgan fingerprint density at radius 3 is 1.95 bits per heavy atom. The smallest absolute Gasteiger partial charge is 0.423 e. The van der Waals surface area contributed by atoms with Crippen LogP contribution < -0.4 is 25.4 Å². The van der Waals surface area contributed by atoms with Crippen LogP contribution in [-0.4, -0.2) is 40.2 Å². The summed E-state index contributed by atoms with van der Waals surface area (Å²) in [7, 11) is -3.15. The number of benzene rings is 2. The topological polar surface area (TPSA) is 118 Å². The lowest BCUT2D eigenvalue weighted by Gasteiger charge is -2.10. The van der Waals surface area contributed by atoms with E-state index < -0.39 is 14.2 Å². The van der Waals surface area contributed by atoms with Crippen molar-refractivity contribution < 1.29 is 34.0 Å². The highest BCUT2D eigenvalue weighted by molar-refractivity contribution is 6.59. The summed E-state index contributed by atoms with van der Waals surface area (Å²) in [4.78, 5) is 12.1. The molecule has 0 atom stereocenters. The number of hydrogen-bond acceptors (Lipinski definition) is 5. The third kappa shape index (κ3) is 7.28. The van der Waals surface area contributed by atoms with Gasteiger partial charge in [0, 0.05) is 34.9 Å². The fourth-order valence-electron chi connectivity index (χ4n) is 4.43. The van der Waals surface area contributed by atoms with Gasteiger partial charge in [-0.3, -0.25) is 4.79 Å². The molecule has 0 spiro atoms. The highest BCUT2D eigenvalue weighted by atomic mass is 16.4. The molecular formula is C29H31B2N3O5+2. The van der Waals surface area contributed by atoms with Gasteiger partial charge in [0.05, 0.1) is 11.1 Å². The van der Waals surface area contributed by atoms with Crippen LogP contribution in [0.4, 0.5) is 0 Å². The van der Waals surface area contributed by atoms with Gasteiger partial charge in [0.25, 0.3) is 0 Å². The van der Waals surface area contributed by atoms with E-state index >= 15 is 0 Å². The van der Waals surface area contributed by atoms with Gasteiger partial charge in [0.1, 0.15) is 0 Å². The molecule has 4 aromatic rings. The fourth-order valence-corrected chi connectivity index (χ4v) is 4.43. The van der Waals surface area contributed by atoms with E-state index in [1.54, 1.807) is 31.2 Å². The number of carbonyl (C=O) groups is 1. The lowest BCUT2D eigenvalue weighted by atomic mass is 9.77. The van der Waals surface area contributed by atoms with Crippen molar-refractivity contribution in [3.8, 4) is 11.1 Å². The van der Waals surface area contributed by atoms with Gasteiger partial charge >= 0.3 is 14.2 Å². The van der Waals surface area contributed by atoms with Gasteiger partial charge in [-0.2, -0.15) is 4.57 Å². The van der Waals surface area contributed by atoms with Crippen molar-refractivity contribution in [3.63, 3.8) is 0 Å². The maximum Gasteiger partial charge on any atom is 0.488 e. The number of carbonyl (C=O) groups excluding carboxylic acids is 1. The van der Waals surface area contributed by atoms with Gasteiger partial charge in [-0.05, 0) is 30.0 Å². The average Bonchev–Trinajstić information content (AvgIpc) is 2.92. The maximum atomic E-state index is 12.1. The van der Waals surface area contributed by atoms with E-state index in [1.807, 2.05) is 76.4 Å². The minimum atomic E-state index is -1.59. The zero-order valence-corrected chi connectivity index (χ0v) is 21.7. The van der Waals surface area contributed by atoms with Crippen LogP contribution in [0, 0.1) is 0 Å². The van der Waals surface area contributed by atoms with Crippen LogP contribution in [0.3, 0.4) is 0 Å². The van der Waals surface area contributed by atoms with Crippen LogP contribution in [0.1, 0.15) is 23.6 Å². The molecule has 39 heavy (non-hydrogen) atoms. The number of nitrogens with one attached hydrogen (secondary N) is 1. The van der Waals surface area contributed by atoms with Crippen molar-refractivity contribution in [1.29, 1.82) is 0 Å². The van der Waals surface area contributed by atoms with E-state index in [9.17, 15) is 24.9 Å². The van der Waals surface area contributed by atoms with Crippen LogP contribution in [0.15, 0.2) is 104 Å². The summed E-state index contributed by atoms with van der Waals surface area (Å²) in [6.45, 7) is 6.47. The summed E-state index contributed by atoms with van der Waals surface area (Å²) in [5.41, 5.74) is 5.51. The van der Waals surface area contributed by atoms with Crippen molar-refractivity contribution in [2.75, 3.05) is 0 Å². The second-order valence-electron chi connectivity index (χ2n) is 9.48. The summed E-state index contributed by atoms with van der Waals surface area (Å²) in [6, 6.07) is 20.2. The first kappa shape index (κ1) is 27.9. The van der Waals surface area contributed by atoms with Gasteiger partial charge in [0.15, 0.2) is 37.9 Å². The Hall–Kier alpha value is -4.08. The molecule has 0 unspecified atom stereocenters. The average molecular weight is 523 g/mol. The second-order valence-corrected chi connectivity index (χ2v) is 9.48. The lowest BCUT2D eigenvalue weighted by molar-refractivity contribution is -0.689. The largest absolute Gasteiger partial charge is 0.488 e. The minimum Gasteiger partial charge on any atom is -0.423 e. The van der Waals surface area contributed by atoms with Crippen LogP contribution >= 0.6 is 0 Å². The molecule has 0 aliphatic rings. The first-order chi connectivity index (χ1) is 18.7. The molecule has 196 valence electrons. The fraction of sp³-hybridized carbons (Fsp3) is 0.138. The maximum absolute atomic E-state index is 12.1. The molecule has 0 fully saturated rings. The highest BCUT2D eigenvalue weighted by Crippen LogP contribution is 2.18. The normalized spacial score (nSPS) is 10.7. The van der Waals surface area contributed by atoms with Crippen molar-refractivity contribution in [2.45, 2.75) is 26.6 Å². The third-order valence-corrected chi connectivity index (χ3v) is 6.38. The predicted molar refractivity (Wildman–Crippen MR) is 150 cm³/mol. The predicted octanol–water partition coefficient (Wildman–Crippen LogP) is -0.423. The zero-order chi connectivity index (χ0) is 27.9. The first-order valence-electron chi connectivity index (χ1n) is 12.6. The quantitative estimate of drug-likeness (QED) is 0.110. The molecular weight excluding hydrogens is 492 g/mol. The molecule has 1 amide bonds. The van der Waals surface area contributed by atoms with E-state index in [0.29, 0.717) is 36.1 Å². The summed E-state index contributed by atoms with van der Waals surface area (Å²) in [5, 5.41) is 42.0. The number of rotatable bonds is 10. The van der Waals surface area contributed by atoms with E-state index in [0.717, 1.165) is 27.8 Å². The van der Waals surface area contributed by atoms with Gasteiger partial charge in [0.2, 0.25) is 5.91 Å². The Balaban J connectivity index is 1.70. The molecule has 2 aromatic carbocycles. The van der Waals surface area contributed by atoms with Gasteiger partial charge in [-0.25, -0.2) is 4.57 Å². The molecule has 0 radical (unpaired) electrons. The summed E-state index contributed by atoms with van der Waals surface area (Å²) >= 11 is 0. The lowest BCUT2D eigenvalue weighted by Crippen LogP contribution is -2.41. The monoisotopic (exact) mass is 523 g/mol. The molecule has 0 bridgehead atoms. The Bertz CT molecular complexity index is 1490. The van der Waals surface area contributed by atoms with E-state index in [-0.39, 0.29) is 5.91 Å². The van der Waals surface area contributed by atoms with Gasteiger partial charge < -0.3 is 25.4 Å². The first-order valence-corrected chi connectivity index (χ1v) is 12.6. The van der Waals surface area contributed by atoms with Gasteiger partial charge in [-0.1, -0.05) is 55.1 Å². The molecule has 0 saturated carbocycles. The molecule has 10 heteroatoms. The molecule has 0 saturated heterocycles. The molecule has 5 N–H and O–H groups in total. The van der Waals surface area contributed by atoms with Crippen LogP contribution in [0.25, 0.3) is 11.1 Å². The van der Waals surface area contributed by atoms with Gasteiger partial charge in [-0.15, -0.1) is 0 Å². The zero-order valence-electron chi connectivity index (χ0n) is 21.7. The Labute approximate surface area is 228 Å². The van der Waals surface area contributed by atoms with Crippen molar-refractivity contribution >= 4 is 31.1 Å². The molecule has 0 aliphatic carbocycles. The van der Waals surface area contributed by atoms with E-state index in [1.165, 1.54) is 0 Å². The van der Waals surface area contributed by atoms with E-state index in [2.05, 4.69) is 11.9 Å². The molecule has 0 aliphatic heterocycles. The summed E-state index contributed by atoms with van der Waals surface area (Å²) < 4.78 is 3.92. The highest BCUT2D eigenvalue weighted by Gasteiger charge is 2.21. The standard InChI is InChI=1S/C29H30B2N3O5/c1-21(2)29(35)32-15-22-14-26(20-34(16-22)19-25-9-4-6-12-28(25)31(38)39)23-10-7-13-33(17-23)18-24-8-3-5-11-27(24)30(36)37/h3-14,16-17,20,36-39H,1,15,18-19H2,2H3/q+1/p+1. The second kappa shape index (κ2) is 12.6. The number of nitrogens with zero attached hydrogens (tertiary/aromatic N) is 2. The van der Waals surface area contributed by atoms with Crippen LogP contribution in [0.2, 0.25) is 0 Å². The number of aromatic nitrogens is 2. The number of amides is 1.